The summed E-state index contributed by atoms with van der Waals surface area (Å²) in [7, 11) is 0. The summed E-state index contributed by atoms with van der Waals surface area (Å²) in [5.41, 5.74) is 0.794. The number of ketones is 1. The molecule has 2 aromatic rings. The van der Waals surface area contributed by atoms with E-state index in [2.05, 4.69) is 10.1 Å². The molecule has 0 saturated carbocycles. The van der Waals surface area contributed by atoms with Crippen LogP contribution < -0.4 is 0 Å². The molecule has 0 atom stereocenters. The summed E-state index contributed by atoms with van der Waals surface area (Å²) in [4.78, 5) is 15.6. The maximum atomic E-state index is 11.4. The summed E-state index contributed by atoms with van der Waals surface area (Å²) in [6.07, 6.45) is 3.16. The van der Waals surface area contributed by atoms with Crippen LogP contribution in [0.3, 0.4) is 0 Å². The molecule has 90 valence electrons. The molecule has 2 heterocycles. The summed E-state index contributed by atoms with van der Waals surface area (Å²) in [5, 5.41) is 3.83. The molecular formula is C12H14N2O3. The highest BCUT2D eigenvalue weighted by Crippen LogP contribution is 2.21. The molecule has 0 aliphatic rings. The second-order valence-corrected chi connectivity index (χ2v) is 3.87. The van der Waals surface area contributed by atoms with Gasteiger partial charge in [0, 0.05) is 6.42 Å². The molecule has 2 rings (SSSR count). The smallest absolute Gasteiger partial charge is 0.234 e. The minimum absolute atomic E-state index is 0.117. The van der Waals surface area contributed by atoms with Crippen LogP contribution in [0, 0.1) is 6.92 Å². The minimum atomic E-state index is 0.117. The van der Waals surface area contributed by atoms with Crippen molar-refractivity contribution in [1.82, 2.24) is 10.1 Å². The number of hydrogen-bond acceptors (Lipinski definition) is 5. The molecule has 0 radical (unpaired) electrons. The predicted octanol–water partition coefficient (Wildman–Crippen LogP) is 2.55. The molecule has 0 aliphatic carbocycles. The van der Waals surface area contributed by atoms with Crippen molar-refractivity contribution >= 4 is 5.78 Å². The van der Waals surface area contributed by atoms with Gasteiger partial charge in [0.1, 0.15) is 11.5 Å². The van der Waals surface area contributed by atoms with E-state index >= 15 is 0 Å². The van der Waals surface area contributed by atoms with Crippen LogP contribution in [0.4, 0.5) is 0 Å². The molecule has 5 heteroatoms. The molecule has 0 fully saturated rings. The van der Waals surface area contributed by atoms with Crippen LogP contribution in [0.2, 0.25) is 0 Å². The number of Topliss-reactive ketones (excluding diaryl/α,β-unsaturated/α-hetero) is 1. The van der Waals surface area contributed by atoms with Crippen LogP contribution >= 0.6 is 0 Å². The van der Waals surface area contributed by atoms with Crippen molar-refractivity contribution in [2.24, 2.45) is 0 Å². The molecule has 0 amide bonds. The number of rotatable bonds is 5. The summed E-state index contributed by atoms with van der Waals surface area (Å²) >= 11 is 0. The first-order chi connectivity index (χ1) is 8.20. The first kappa shape index (κ1) is 11.6. The number of carbonyl (C=O) groups is 1. The molecule has 0 bridgehead atoms. The molecular weight excluding hydrogens is 220 g/mol. The van der Waals surface area contributed by atoms with E-state index in [9.17, 15) is 4.79 Å². The first-order valence-electron chi connectivity index (χ1n) is 5.59. The fourth-order valence-electron chi connectivity index (χ4n) is 1.59. The van der Waals surface area contributed by atoms with Crippen LogP contribution in [-0.2, 0) is 11.2 Å². The van der Waals surface area contributed by atoms with Gasteiger partial charge in [-0.3, -0.25) is 4.79 Å². The third-order valence-corrected chi connectivity index (χ3v) is 2.45. The number of carbonyl (C=O) groups excluding carboxylic acids is 1. The third kappa shape index (κ3) is 2.61. The van der Waals surface area contributed by atoms with Crippen molar-refractivity contribution in [2.45, 2.75) is 33.1 Å². The molecule has 5 nitrogen and oxygen atoms in total. The lowest BCUT2D eigenvalue weighted by Crippen LogP contribution is -2.01. The predicted molar refractivity (Wildman–Crippen MR) is 60.4 cm³/mol. The lowest BCUT2D eigenvalue weighted by atomic mass is 10.2. The van der Waals surface area contributed by atoms with Crippen molar-refractivity contribution in [3.63, 3.8) is 0 Å². The second-order valence-electron chi connectivity index (χ2n) is 3.87. The third-order valence-electron chi connectivity index (χ3n) is 2.45. The molecule has 0 aliphatic heterocycles. The van der Waals surface area contributed by atoms with Crippen LogP contribution in [0.5, 0.6) is 0 Å². The standard InChI is InChI=1S/C12H14N2O3/c1-3-4-9(15)7-11-13-12(14-17-11)10-5-6-16-8(10)2/h5-6H,3-4,7H2,1-2H3. The molecule has 0 unspecified atom stereocenters. The zero-order valence-corrected chi connectivity index (χ0v) is 9.90. The van der Waals surface area contributed by atoms with Gasteiger partial charge in [0.25, 0.3) is 0 Å². The lowest BCUT2D eigenvalue weighted by Gasteiger charge is -1.91. The highest BCUT2D eigenvalue weighted by molar-refractivity contribution is 5.79. The zero-order chi connectivity index (χ0) is 12.3. The number of aromatic nitrogens is 2. The van der Waals surface area contributed by atoms with Gasteiger partial charge in [0.2, 0.25) is 11.7 Å². The quantitative estimate of drug-likeness (QED) is 0.795. The Labute approximate surface area is 98.8 Å². The number of aryl methyl sites for hydroxylation is 1. The Hall–Kier alpha value is -1.91. The molecule has 0 spiro atoms. The SMILES string of the molecule is CCCC(=O)Cc1nc(-c2ccoc2C)no1. The van der Waals surface area contributed by atoms with E-state index in [0.29, 0.717) is 18.1 Å². The van der Waals surface area contributed by atoms with Gasteiger partial charge in [-0.2, -0.15) is 4.98 Å². The fourth-order valence-corrected chi connectivity index (χ4v) is 1.59. The van der Waals surface area contributed by atoms with Crippen molar-refractivity contribution in [3.05, 3.63) is 24.0 Å². The first-order valence-corrected chi connectivity index (χ1v) is 5.59. The van der Waals surface area contributed by atoms with Crippen molar-refractivity contribution < 1.29 is 13.7 Å². The Morgan fingerprint density at radius 1 is 1.47 bits per heavy atom. The summed E-state index contributed by atoms with van der Waals surface area (Å²) in [6.45, 7) is 3.79. The molecule has 17 heavy (non-hydrogen) atoms. The van der Waals surface area contributed by atoms with Crippen molar-refractivity contribution in [3.8, 4) is 11.4 Å². The summed E-state index contributed by atoms with van der Waals surface area (Å²) in [6, 6.07) is 1.78. The Balaban J connectivity index is 2.11. The van der Waals surface area contributed by atoms with Gasteiger partial charge < -0.3 is 8.94 Å². The van der Waals surface area contributed by atoms with Gasteiger partial charge in [-0.25, -0.2) is 0 Å². The fraction of sp³-hybridized carbons (Fsp3) is 0.417. The monoisotopic (exact) mass is 234 g/mol. The largest absolute Gasteiger partial charge is 0.469 e. The van der Waals surface area contributed by atoms with Crippen molar-refractivity contribution in [2.75, 3.05) is 0 Å². The maximum Gasteiger partial charge on any atom is 0.234 e. The van der Waals surface area contributed by atoms with E-state index < -0.39 is 0 Å². The highest BCUT2D eigenvalue weighted by Gasteiger charge is 2.14. The molecule has 2 aromatic heterocycles. The Bertz CT molecular complexity index is 513. The molecule has 0 saturated heterocycles. The lowest BCUT2D eigenvalue weighted by molar-refractivity contribution is -0.118. The maximum absolute atomic E-state index is 11.4. The van der Waals surface area contributed by atoms with E-state index in [0.717, 1.165) is 17.7 Å². The zero-order valence-electron chi connectivity index (χ0n) is 9.90. The van der Waals surface area contributed by atoms with Gasteiger partial charge >= 0.3 is 0 Å². The van der Waals surface area contributed by atoms with Gasteiger partial charge in [0.05, 0.1) is 18.2 Å². The van der Waals surface area contributed by atoms with E-state index in [4.69, 9.17) is 8.94 Å². The Morgan fingerprint density at radius 3 is 2.94 bits per heavy atom. The number of hydrogen-bond donors (Lipinski definition) is 0. The second kappa shape index (κ2) is 4.95. The summed E-state index contributed by atoms with van der Waals surface area (Å²) < 4.78 is 10.2. The Kier molecular flexibility index (Phi) is 3.37. The molecule has 0 N–H and O–H groups in total. The van der Waals surface area contributed by atoms with Gasteiger partial charge in [-0.15, -0.1) is 0 Å². The van der Waals surface area contributed by atoms with E-state index in [1.165, 1.54) is 0 Å². The highest BCUT2D eigenvalue weighted by atomic mass is 16.5. The van der Waals surface area contributed by atoms with Crippen LogP contribution in [0.1, 0.15) is 31.4 Å². The number of nitrogens with zero attached hydrogens (tertiary/aromatic N) is 2. The Morgan fingerprint density at radius 2 is 2.29 bits per heavy atom. The van der Waals surface area contributed by atoms with Crippen molar-refractivity contribution in [1.29, 1.82) is 0 Å². The average molecular weight is 234 g/mol. The van der Waals surface area contributed by atoms with Crippen LogP contribution in [0.15, 0.2) is 21.3 Å². The topological polar surface area (TPSA) is 69.1 Å². The number of furan rings is 1. The van der Waals surface area contributed by atoms with Crippen LogP contribution in [-0.4, -0.2) is 15.9 Å². The normalized spacial score (nSPS) is 10.7. The van der Waals surface area contributed by atoms with E-state index in [1.807, 2.05) is 13.8 Å². The average Bonchev–Trinajstić information content (AvgIpc) is 2.87. The van der Waals surface area contributed by atoms with E-state index in [1.54, 1.807) is 12.3 Å². The van der Waals surface area contributed by atoms with Crippen LogP contribution in [0.25, 0.3) is 11.4 Å². The van der Waals surface area contributed by atoms with Gasteiger partial charge in [0.15, 0.2) is 0 Å². The van der Waals surface area contributed by atoms with Gasteiger partial charge in [-0.1, -0.05) is 12.1 Å². The summed E-state index contributed by atoms with van der Waals surface area (Å²) in [5.74, 6) is 1.68. The molecule has 0 aromatic carbocycles. The van der Waals surface area contributed by atoms with E-state index in [-0.39, 0.29) is 12.2 Å². The van der Waals surface area contributed by atoms with Gasteiger partial charge in [-0.05, 0) is 19.4 Å². The minimum Gasteiger partial charge on any atom is -0.469 e.